The highest BCUT2D eigenvalue weighted by atomic mass is 35.5. The first kappa shape index (κ1) is 17.0. The lowest BCUT2D eigenvalue weighted by atomic mass is 9.90. The van der Waals surface area contributed by atoms with E-state index >= 15 is 0 Å². The maximum atomic E-state index is 13.2. The number of benzene rings is 2. The van der Waals surface area contributed by atoms with Crippen LogP contribution in [-0.2, 0) is 0 Å². The molecule has 1 heterocycles. The van der Waals surface area contributed by atoms with Crippen LogP contribution in [0.15, 0.2) is 42.5 Å². The van der Waals surface area contributed by atoms with E-state index in [-0.39, 0.29) is 16.7 Å². The molecule has 0 amide bonds. The molecule has 0 unspecified atom stereocenters. The summed E-state index contributed by atoms with van der Waals surface area (Å²) in [4.78, 5) is 0. The molecule has 0 saturated heterocycles. The Balaban J connectivity index is 1.75. The first-order valence-corrected chi connectivity index (χ1v) is 8.43. The fraction of sp³-hybridized carbons (Fsp3) is 0.278. The minimum absolute atomic E-state index is 0.0286. The number of thiocarbonyl (C=S) groups is 1. The molecule has 2 aromatic rings. The van der Waals surface area contributed by atoms with E-state index in [2.05, 4.69) is 10.6 Å². The molecule has 2 aromatic carbocycles. The Morgan fingerprint density at radius 1 is 1.29 bits per heavy atom. The molecule has 1 atom stereocenters. The predicted molar refractivity (Wildman–Crippen MR) is 99.3 cm³/mol. The van der Waals surface area contributed by atoms with E-state index in [1.165, 1.54) is 12.1 Å². The molecule has 126 valence electrons. The molecular weight excluding hydrogens is 347 g/mol. The van der Waals surface area contributed by atoms with Crippen LogP contribution < -0.4 is 15.4 Å². The fourth-order valence-electron chi connectivity index (χ4n) is 2.83. The zero-order chi connectivity index (χ0) is 17.3. The molecule has 3 rings (SSSR count). The van der Waals surface area contributed by atoms with Crippen LogP contribution in [0.25, 0.3) is 0 Å². The molecule has 0 aliphatic carbocycles. The third-order valence-corrected chi connectivity index (χ3v) is 4.37. The number of anilines is 1. The number of hydrogen-bond acceptors (Lipinski definition) is 2. The molecule has 1 aliphatic heterocycles. The summed E-state index contributed by atoms with van der Waals surface area (Å²) in [5.41, 5.74) is 1.41. The average molecular weight is 365 g/mol. The normalized spacial score (nSPS) is 18.2. The highest BCUT2D eigenvalue weighted by Crippen LogP contribution is 2.39. The summed E-state index contributed by atoms with van der Waals surface area (Å²) in [5, 5.41) is 6.87. The Morgan fingerprint density at radius 3 is 2.79 bits per heavy atom. The van der Waals surface area contributed by atoms with Gasteiger partial charge in [0.15, 0.2) is 5.11 Å². The van der Waals surface area contributed by atoms with E-state index in [9.17, 15) is 4.39 Å². The lowest BCUT2D eigenvalue weighted by molar-refractivity contribution is 0.0697. The second kappa shape index (κ2) is 6.57. The van der Waals surface area contributed by atoms with Crippen LogP contribution in [0.1, 0.15) is 31.9 Å². The second-order valence-electron chi connectivity index (χ2n) is 6.38. The Morgan fingerprint density at radius 2 is 2.04 bits per heavy atom. The van der Waals surface area contributed by atoms with Crippen LogP contribution in [0.4, 0.5) is 10.1 Å². The van der Waals surface area contributed by atoms with Gasteiger partial charge in [-0.15, -0.1) is 0 Å². The summed E-state index contributed by atoms with van der Waals surface area (Å²) in [6.45, 7) is 4.10. The highest BCUT2D eigenvalue weighted by molar-refractivity contribution is 7.80. The van der Waals surface area contributed by atoms with Gasteiger partial charge in [0.2, 0.25) is 0 Å². The lowest BCUT2D eigenvalue weighted by Crippen LogP contribution is -2.42. The van der Waals surface area contributed by atoms with Gasteiger partial charge in [0.25, 0.3) is 0 Å². The maximum absolute atomic E-state index is 13.2. The molecule has 0 bridgehead atoms. The van der Waals surface area contributed by atoms with Gasteiger partial charge >= 0.3 is 0 Å². The number of para-hydroxylation sites is 1. The number of nitrogens with one attached hydrogen (secondary N) is 2. The van der Waals surface area contributed by atoms with E-state index in [0.29, 0.717) is 10.8 Å². The van der Waals surface area contributed by atoms with Gasteiger partial charge in [-0.1, -0.05) is 29.8 Å². The first-order chi connectivity index (χ1) is 11.3. The summed E-state index contributed by atoms with van der Waals surface area (Å²) in [6.07, 6.45) is 0.774. The fourth-order valence-corrected chi connectivity index (χ4v) is 3.27. The monoisotopic (exact) mass is 364 g/mol. The minimum Gasteiger partial charge on any atom is -0.487 e. The Hall–Kier alpha value is -1.85. The molecule has 0 fully saturated rings. The van der Waals surface area contributed by atoms with E-state index in [1.54, 1.807) is 6.07 Å². The zero-order valence-corrected chi connectivity index (χ0v) is 15.0. The summed E-state index contributed by atoms with van der Waals surface area (Å²) in [5.74, 6) is 0.403. The average Bonchev–Trinajstić information content (AvgIpc) is 2.50. The third kappa shape index (κ3) is 3.79. The molecule has 0 aromatic heterocycles. The van der Waals surface area contributed by atoms with E-state index in [1.807, 2.05) is 38.1 Å². The van der Waals surface area contributed by atoms with Crippen LogP contribution >= 0.6 is 23.8 Å². The van der Waals surface area contributed by atoms with E-state index in [0.717, 1.165) is 17.7 Å². The van der Waals surface area contributed by atoms with Gasteiger partial charge in [0.1, 0.15) is 17.2 Å². The molecule has 1 aliphatic rings. The molecular formula is C18H18ClFN2OS. The van der Waals surface area contributed by atoms with Crippen LogP contribution in [0, 0.1) is 5.82 Å². The largest absolute Gasteiger partial charge is 0.487 e. The van der Waals surface area contributed by atoms with Crippen LogP contribution in [0.5, 0.6) is 5.75 Å². The third-order valence-electron chi connectivity index (χ3n) is 3.86. The van der Waals surface area contributed by atoms with Crippen molar-refractivity contribution in [1.29, 1.82) is 0 Å². The summed E-state index contributed by atoms with van der Waals surface area (Å²) < 4.78 is 19.3. The van der Waals surface area contributed by atoms with Crippen molar-refractivity contribution in [3.63, 3.8) is 0 Å². The number of rotatable bonds is 2. The van der Waals surface area contributed by atoms with Crippen molar-refractivity contribution in [2.24, 2.45) is 0 Å². The molecule has 0 saturated carbocycles. The van der Waals surface area contributed by atoms with Gasteiger partial charge < -0.3 is 15.4 Å². The van der Waals surface area contributed by atoms with E-state index in [4.69, 9.17) is 28.6 Å². The van der Waals surface area contributed by atoms with Crippen molar-refractivity contribution in [2.75, 3.05) is 5.32 Å². The van der Waals surface area contributed by atoms with Gasteiger partial charge in [-0.25, -0.2) is 4.39 Å². The van der Waals surface area contributed by atoms with Gasteiger partial charge in [-0.2, -0.15) is 0 Å². The smallest absolute Gasteiger partial charge is 0.171 e. The molecule has 0 spiro atoms. The van der Waals surface area contributed by atoms with Crippen molar-refractivity contribution >= 4 is 34.6 Å². The molecule has 3 nitrogen and oxygen atoms in total. The maximum Gasteiger partial charge on any atom is 0.171 e. The topological polar surface area (TPSA) is 33.3 Å². The second-order valence-corrected chi connectivity index (χ2v) is 7.20. The van der Waals surface area contributed by atoms with Crippen molar-refractivity contribution < 1.29 is 9.13 Å². The number of hydrogen-bond donors (Lipinski definition) is 2. The Labute approximate surface area is 151 Å². The van der Waals surface area contributed by atoms with Crippen LogP contribution in [0.2, 0.25) is 5.02 Å². The summed E-state index contributed by atoms with van der Waals surface area (Å²) >= 11 is 11.2. The minimum atomic E-state index is -0.457. The lowest BCUT2D eigenvalue weighted by Gasteiger charge is -2.38. The molecule has 6 heteroatoms. The van der Waals surface area contributed by atoms with Crippen molar-refractivity contribution in [2.45, 2.75) is 31.9 Å². The highest BCUT2D eigenvalue weighted by Gasteiger charge is 2.33. The zero-order valence-electron chi connectivity index (χ0n) is 13.4. The number of fused-ring (bicyclic) bond motifs is 1. The Kier molecular flexibility index (Phi) is 4.65. The molecule has 24 heavy (non-hydrogen) atoms. The standard InChI is InChI=1S/C18H18ClFN2OS/c1-18(2)10-15(12-5-3-4-6-16(12)23-18)22-17(24)21-11-7-8-14(20)13(19)9-11/h3-9,15H,10H2,1-2H3,(H2,21,22,24)/t15-/m0/s1. The van der Waals surface area contributed by atoms with Crippen molar-refractivity contribution in [3.8, 4) is 5.75 Å². The molecule has 2 N–H and O–H groups in total. The number of ether oxygens (including phenoxy) is 1. The Bertz CT molecular complexity index is 781. The van der Waals surface area contributed by atoms with Gasteiger partial charge in [0, 0.05) is 17.7 Å². The SMILES string of the molecule is CC1(C)C[C@H](NC(=S)Nc2ccc(F)c(Cl)c2)c2ccccc2O1. The predicted octanol–water partition coefficient (Wildman–Crippen LogP) is 5.07. The van der Waals surface area contributed by atoms with E-state index < -0.39 is 5.82 Å². The number of halogens is 2. The van der Waals surface area contributed by atoms with Gasteiger partial charge in [-0.3, -0.25) is 0 Å². The van der Waals surface area contributed by atoms with Crippen LogP contribution in [-0.4, -0.2) is 10.7 Å². The first-order valence-electron chi connectivity index (χ1n) is 7.64. The van der Waals surface area contributed by atoms with Crippen molar-refractivity contribution in [3.05, 3.63) is 58.9 Å². The summed E-state index contributed by atoms with van der Waals surface area (Å²) in [6, 6.07) is 12.4. The van der Waals surface area contributed by atoms with Crippen LogP contribution in [0.3, 0.4) is 0 Å². The molecule has 0 radical (unpaired) electrons. The summed E-state index contributed by atoms with van der Waals surface area (Å²) in [7, 11) is 0. The van der Waals surface area contributed by atoms with Gasteiger partial charge in [0.05, 0.1) is 11.1 Å². The van der Waals surface area contributed by atoms with Crippen molar-refractivity contribution in [1.82, 2.24) is 5.32 Å². The van der Waals surface area contributed by atoms with Gasteiger partial charge in [-0.05, 0) is 50.3 Å². The quantitative estimate of drug-likeness (QED) is 0.729.